The van der Waals surface area contributed by atoms with Gasteiger partial charge >= 0.3 is 6.61 Å². The second kappa shape index (κ2) is 4.52. The molecule has 7 heteroatoms. The van der Waals surface area contributed by atoms with Crippen molar-refractivity contribution < 1.29 is 21.9 Å². The summed E-state index contributed by atoms with van der Waals surface area (Å²) in [5, 5.41) is 0. The van der Waals surface area contributed by atoms with Crippen molar-refractivity contribution in [3.63, 3.8) is 0 Å². The number of ether oxygens (including phenoxy) is 1. The summed E-state index contributed by atoms with van der Waals surface area (Å²) in [6.45, 7) is -3.01. The average molecular weight is 236 g/mol. The van der Waals surface area contributed by atoms with Crippen molar-refractivity contribution in [2.75, 3.05) is 6.26 Å². The molecule has 1 heterocycles. The van der Waals surface area contributed by atoms with E-state index in [1.807, 2.05) is 0 Å². The highest BCUT2D eigenvalue weighted by Gasteiger charge is 2.14. The van der Waals surface area contributed by atoms with Gasteiger partial charge in [-0.1, -0.05) is 0 Å². The number of pyridine rings is 1. The smallest absolute Gasteiger partial charge is 0.387 e. The van der Waals surface area contributed by atoms with Crippen LogP contribution in [0.25, 0.3) is 0 Å². The lowest BCUT2D eigenvalue weighted by molar-refractivity contribution is -0.0504. The molecule has 0 amide bonds. The van der Waals surface area contributed by atoms with E-state index >= 15 is 0 Å². The van der Waals surface area contributed by atoms with Crippen LogP contribution in [-0.2, 0) is 9.84 Å². The molecule has 0 aliphatic carbocycles. The molecule has 0 atom stereocenters. The van der Waals surface area contributed by atoms with Gasteiger partial charge in [0.15, 0.2) is 9.84 Å². The largest absolute Gasteiger partial charge is 0.433 e. The standard InChI is InChI=1S/C8H8F2NO3S/c1-15(12,13)5-6-7(14-8(9)10)3-2-4-11-6/h2-5,8H,1H3. The highest BCUT2D eigenvalue weighted by atomic mass is 32.2. The maximum Gasteiger partial charge on any atom is 0.387 e. The Labute approximate surface area is 85.8 Å². The first-order valence-corrected chi connectivity index (χ1v) is 5.78. The first-order valence-electron chi connectivity index (χ1n) is 3.83. The summed E-state index contributed by atoms with van der Waals surface area (Å²) in [6, 6.07) is 2.59. The van der Waals surface area contributed by atoms with Crippen LogP contribution in [0.2, 0.25) is 0 Å². The molecule has 0 saturated heterocycles. The minimum atomic E-state index is -3.45. The van der Waals surface area contributed by atoms with Crippen LogP contribution in [0.5, 0.6) is 5.75 Å². The Morgan fingerprint density at radius 1 is 1.53 bits per heavy atom. The molecule has 0 N–H and O–H groups in total. The van der Waals surface area contributed by atoms with Crippen LogP contribution in [0.4, 0.5) is 8.78 Å². The van der Waals surface area contributed by atoms with E-state index in [2.05, 4.69) is 9.72 Å². The summed E-state index contributed by atoms with van der Waals surface area (Å²) in [4.78, 5) is 3.62. The number of sulfone groups is 1. The fourth-order valence-electron chi connectivity index (χ4n) is 0.890. The van der Waals surface area contributed by atoms with E-state index in [-0.39, 0.29) is 11.4 Å². The second-order valence-corrected chi connectivity index (χ2v) is 4.61. The molecule has 0 fully saturated rings. The summed E-state index contributed by atoms with van der Waals surface area (Å²) >= 11 is 0. The van der Waals surface area contributed by atoms with Crippen molar-refractivity contribution in [3.05, 3.63) is 29.8 Å². The molecule has 0 aromatic carbocycles. The topological polar surface area (TPSA) is 56.3 Å². The van der Waals surface area contributed by atoms with Gasteiger partial charge in [-0.25, -0.2) is 8.42 Å². The predicted molar refractivity (Wildman–Crippen MR) is 49.1 cm³/mol. The van der Waals surface area contributed by atoms with Gasteiger partial charge < -0.3 is 4.74 Å². The molecule has 1 rings (SSSR count). The number of nitrogens with zero attached hydrogens (tertiary/aromatic N) is 1. The molecule has 0 spiro atoms. The molecule has 1 radical (unpaired) electrons. The number of rotatable bonds is 4. The van der Waals surface area contributed by atoms with E-state index in [1.54, 1.807) is 0 Å². The zero-order valence-corrected chi connectivity index (χ0v) is 8.54. The molecular weight excluding hydrogens is 228 g/mol. The van der Waals surface area contributed by atoms with E-state index in [9.17, 15) is 17.2 Å². The molecule has 0 saturated carbocycles. The van der Waals surface area contributed by atoms with Gasteiger partial charge in [-0.3, -0.25) is 4.98 Å². The summed E-state index contributed by atoms with van der Waals surface area (Å²) in [6.07, 6.45) is 2.23. The van der Waals surface area contributed by atoms with E-state index in [0.29, 0.717) is 0 Å². The molecular formula is C8H8F2NO3S. The number of hydrogen-bond acceptors (Lipinski definition) is 4. The maximum atomic E-state index is 11.9. The van der Waals surface area contributed by atoms with Crippen molar-refractivity contribution >= 4 is 9.84 Å². The van der Waals surface area contributed by atoms with Gasteiger partial charge in [0.1, 0.15) is 17.2 Å². The van der Waals surface area contributed by atoms with Gasteiger partial charge in [0, 0.05) is 12.5 Å². The Kier molecular flexibility index (Phi) is 3.57. The van der Waals surface area contributed by atoms with Crippen molar-refractivity contribution in [1.29, 1.82) is 0 Å². The van der Waals surface area contributed by atoms with Crippen LogP contribution in [-0.4, -0.2) is 26.3 Å². The van der Waals surface area contributed by atoms with E-state index in [0.717, 1.165) is 12.0 Å². The Morgan fingerprint density at radius 3 is 2.73 bits per heavy atom. The highest BCUT2D eigenvalue weighted by molar-refractivity contribution is 7.92. The third-order valence-electron chi connectivity index (χ3n) is 1.34. The van der Waals surface area contributed by atoms with Gasteiger partial charge in [0.2, 0.25) is 0 Å². The average Bonchev–Trinajstić information content (AvgIpc) is 2.05. The predicted octanol–water partition coefficient (Wildman–Crippen LogP) is 1.24. The Morgan fingerprint density at radius 2 is 2.20 bits per heavy atom. The molecule has 15 heavy (non-hydrogen) atoms. The number of halogens is 2. The first-order chi connectivity index (χ1) is 6.88. The normalized spacial score (nSPS) is 11.7. The monoisotopic (exact) mass is 236 g/mol. The van der Waals surface area contributed by atoms with Crippen LogP contribution < -0.4 is 4.74 Å². The zero-order valence-electron chi connectivity index (χ0n) is 7.72. The number of aromatic nitrogens is 1. The van der Waals surface area contributed by atoms with Crippen LogP contribution in [0.15, 0.2) is 18.3 Å². The summed E-state index contributed by atoms with van der Waals surface area (Å²) in [5.41, 5.74) is -0.139. The summed E-state index contributed by atoms with van der Waals surface area (Å²) < 4.78 is 49.7. The lowest BCUT2D eigenvalue weighted by Crippen LogP contribution is -2.07. The summed E-state index contributed by atoms with van der Waals surface area (Å²) in [7, 11) is -3.45. The van der Waals surface area contributed by atoms with E-state index < -0.39 is 16.4 Å². The summed E-state index contributed by atoms with van der Waals surface area (Å²) in [5.74, 6) is 0.503. The van der Waals surface area contributed by atoms with Gasteiger partial charge in [-0.2, -0.15) is 8.78 Å². The van der Waals surface area contributed by atoms with Gasteiger partial charge in [-0.15, -0.1) is 0 Å². The van der Waals surface area contributed by atoms with Crippen molar-refractivity contribution in [2.45, 2.75) is 6.61 Å². The first kappa shape index (κ1) is 11.8. The van der Waals surface area contributed by atoms with Crippen LogP contribution in [0.3, 0.4) is 0 Å². The fourth-order valence-corrected chi connectivity index (χ4v) is 1.47. The molecule has 0 aliphatic heterocycles. The van der Waals surface area contributed by atoms with Gasteiger partial charge in [0.25, 0.3) is 0 Å². The molecule has 1 aromatic heterocycles. The molecule has 4 nitrogen and oxygen atoms in total. The number of hydrogen-bond donors (Lipinski definition) is 0. The van der Waals surface area contributed by atoms with Gasteiger partial charge in [0.05, 0.1) is 0 Å². The van der Waals surface area contributed by atoms with E-state index in [4.69, 9.17) is 0 Å². The minimum absolute atomic E-state index is 0.139. The Balaban J connectivity index is 2.96. The Bertz CT molecular complexity index is 433. The molecule has 0 bridgehead atoms. The van der Waals surface area contributed by atoms with Crippen LogP contribution in [0, 0.1) is 5.75 Å². The Hall–Kier alpha value is -1.24. The maximum absolute atomic E-state index is 11.9. The quantitative estimate of drug-likeness (QED) is 0.789. The minimum Gasteiger partial charge on any atom is -0.433 e. The van der Waals surface area contributed by atoms with Crippen LogP contribution in [0.1, 0.15) is 5.69 Å². The molecule has 1 aromatic rings. The molecule has 0 unspecified atom stereocenters. The third-order valence-corrected chi connectivity index (χ3v) is 1.99. The lowest BCUT2D eigenvalue weighted by Gasteiger charge is -2.07. The van der Waals surface area contributed by atoms with E-state index in [1.165, 1.54) is 18.3 Å². The van der Waals surface area contributed by atoms with Crippen molar-refractivity contribution in [1.82, 2.24) is 4.98 Å². The molecule has 0 aliphatic rings. The zero-order chi connectivity index (χ0) is 11.5. The lowest BCUT2D eigenvalue weighted by atomic mass is 10.3. The number of alkyl halides is 2. The third kappa shape index (κ3) is 4.20. The molecule has 83 valence electrons. The van der Waals surface area contributed by atoms with Crippen molar-refractivity contribution in [2.24, 2.45) is 0 Å². The fraction of sp³-hybridized carbons (Fsp3) is 0.250. The van der Waals surface area contributed by atoms with Crippen molar-refractivity contribution in [3.8, 4) is 5.75 Å². The highest BCUT2D eigenvalue weighted by Crippen LogP contribution is 2.20. The second-order valence-electron chi connectivity index (χ2n) is 2.71. The van der Waals surface area contributed by atoms with Gasteiger partial charge in [-0.05, 0) is 12.1 Å². The van der Waals surface area contributed by atoms with Crippen LogP contribution >= 0.6 is 0 Å². The SMILES string of the molecule is CS(=O)(=O)[CH]c1ncccc1OC(F)F.